The lowest BCUT2D eigenvalue weighted by molar-refractivity contribution is -0.489. The minimum absolute atomic E-state index is 0.0110. The quantitative estimate of drug-likeness (QED) is 0.118. The van der Waals surface area contributed by atoms with Gasteiger partial charge in [-0.15, -0.1) is 0 Å². The molecule has 1 aromatic rings. The molecule has 43 heavy (non-hydrogen) atoms. The first-order valence-corrected chi connectivity index (χ1v) is 15.0. The minimum atomic E-state index is -0.699. The Labute approximate surface area is 249 Å². The number of non-ortho nitro benzene ring substituents is 1. The van der Waals surface area contributed by atoms with Crippen LogP contribution in [0.3, 0.4) is 0 Å². The average Bonchev–Trinajstić information content (AvgIpc) is 3.22. The number of carbonyl (C=O) groups is 1. The summed E-state index contributed by atoms with van der Waals surface area (Å²) in [5, 5.41) is 39.1. The minimum Gasteiger partial charge on any atom is -0.462 e. The van der Waals surface area contributed by atoms with Crippen LogP contribution in [0.25, 0.3) is 0 Å². The second kappa shape index (κ2) is 11.3. The molecule has 3 unspecified atom stereocenters. The molecule has 0 bridgehead atoms. The number of hydrazone groups is 1. The van der Waals surface area contributed by atoms with E-state index in [0.29, 0.717) is 24.0 Å². The van der Waals surface area contributed by atoms with Crippen LogP contribution in [0.2, 0.25) is 0 Å². The molecule has 1 N–H and O–H groups in total. The molecule has 4 aliphatic carbocycles. The van der Waals surface area contributed by atoms with Crippen LogP contribution >= 0.6 is 0 Å². The highest BCUT2D eigenvalue weighted by atomic mass is 16.6. The Hall–Kier alpha value is -3.90. The summed E-state index contributed by atoms with van der Waals surface area (Å²) in [4.78, 5) is 44.5. The summed E-state index contributed by atoms with van der Waals surface area (Å²) >= 11 is 0. The average molecular weight is 598 g/mol. The Kier molecular flexibility index (Phi) is 8.03. The predicted octanol–water partition coefficient (Wildman–Crippen LogP) is 6.30. The maximum atomic E-state index is 11.8. The summed E-state index contributed by atoms with van der Waals surface area (Å²) in [6.07, 6.45) is 8.28. The van der Waals surface area contributed by atoms with Crippen LogP contribution in [0.4, 0.5) is 17.1 Å². The molecule has 0 radical (unpaired) electrons. The second-order valence-electron chi connectivity index (χ2n) is 13.3. The van der Waals surface area contributed by atoms with Crippen molar-refractivity contribution in [2.45, 2.75) is 78.7 Å². The molecule has 0 aromatic heterocycles. The van der Waals surface area contributed by atoms with E-state index < -0.39 is 21.2 Å². The molecule has 0 saturated heterocycles. The normalized spacial score (nSPS) is 35.1. The number of carbonyl (C=O) groups excluding carboxylic acids is 1. The van der Waals surface area contributed by atoms with Crippen LogP contribution in [0, 0.1) is 70.8 Å². The number of hydrogen-bond acceptors (Lipinski definition) is 10. The van der Waals surface area contributed by atoms with Crippen LogP contribution in [-0.2, 0) is 9.53 Å². The van der Waals surface area contributed by atoms with E-state index in [9.17, 15) is 35.1 Å². The number of hydrogen-bond donors (Lipinski definition) is 1. The van der Waals surface area contributed by atoms with Crippen molar-refractivity contribution in [3.8, 4) is 0 Å². The summed E-state index contributed by atoms with van der Waals surface area (Å²) in [6.45, 7) is 7.66. The van der Waals surface area contributed by atoms with E-state index in [2.05, 4.69) is 30.5 Å². The standard InChI is InChI=1S/C30H39N5O8/c1-17(31-32-26-8-6-21(34(39)40)15-27(26)35(41)42)28-19(16-33(37)38)13-25-23-7-5-20-14-22(43-18(2)36)9-11-29(20,3)24(23)10-12-30(25,28)4/h5-6,8,15,19,22-25,28,32H,7,9-14,16H2,1-4H3/b31-17-/t19-,22-,23?,24?,25?,28-,29-,30-/m0/s1. The van der Waals surface area contributed by atoms with Crippen molar-refractivity contribution in [3.05, 3.63) is 60.2 Å². The molecule has 0 aliphatic heterocycles. The number of nitro groups is 3. The molecule has 5 rings (SSSR count). The van der Waals surface area contributed by atoms with Gasteiger partial charge in [0.15, 0.2) is 0 Å². The van der Waals surface area contributed by atoms with Crippen molar-refractivity contribution in [1.82, 2.24) is 0 Å². The Morgan fingerprint density at radius 3 is 2.47 bits per heavy atom. The van der Waals surface area contributed by atoms with E-state index >= 15 is 0 Å². The van der Waals surface area contributed by atoms with Crippen molar-refractivity contribution in [2.24, 2.45) is 45.5 Å². The van der Waals surface area contributed by atoms with E-state index in [1.807, 2.05) is 6.92 Å². The zero-order valence-corrected chi connectivity index (χ0v) is 25.0. The summed E-state index contributed by atoms with van der Waals surface area (Å²) in [6, 6.07) is 3.33. The van der Waals surface area contributed by atoms with Crippen LogP contribution in [0.15, 0.2) is 34.9 Å². The largest absolute Gasteiger partial charge is 0.462 e. The van der Waals surface area contributed by atoms with Gasteiger partial charge in [0.1, 0.15) is 11.8 Å². The number of allylic oxidation sites excluding steroid dienone is 1. The lowest BCUT2D eigenvalue weighted by Gasteiger charge is -2.58. The van der Waals surface area contributed by atoms with Gasteiger partial charge < -0.3 is 4.74 Å². The number of esters is 1. The van der Waals surface area contributed by atoms with E-state index in [-0.39, 0.29) is 57.8 Å². The summed E-state index contributed by atoms with van der Waals surface area (Å²) in [5.74, 6) is 0.372. The first-order valence-electron chi connectivity index (χ1n) is 15.0. The Bertz CT molecular complexity index is 1410. The number of nitro benzene ring substituents is 2. The molecule has 232 valence electrons. The summed E-state index contributed by atoms with van der Waals surface area (Å²) in [5.41, 5.74) is 3.69. The number of fused-ring (bicyclic) bond motifs is 5. The van der Waals surface area contributed by atoms with Gasteiger partial charge in [-0.2, -0.15) is 5.10 Å². The lowest BCUT2D eigenvalue weighted by Crippen LogP contribution is -2.51. The topological polar surface area (TPSA) is 180 Å². The van der Waals surface area contributed by atoms with Gasteiger partial charge in [0, 0.05) is 41.9 Å². The van der Waals surface area contributed by atoms with Crippen LogP contribution in [0.1, 0.15) is 72.6 Å². The van der Waals surface area contributed by atoms with Gasteiger partial charge in [0.2, 0.25) is 6.54 Å². The van der Waals surface area contributed by atoms with Crippen LogP contribution < -0.4 is 5.43 Å². The third-order valence-electron chi connectivity index (χ3n) is 11.1. The van der Waals surface area contributed by atoms with Gasteiger partial charge in [-0.1, -0.05) is 25.5 Å². The monoisotopic (exact) mass is 597 g/mol. The molecule has 0 amide bonds. The van der Waals surface area contributed by atoms with Crippen LogP contribution in [0.5, 0.6) is 0 Å². The summed E-state index contributed by atoms with van der Waals surface area (Å²) < 4.78 is 5.56. The second-order valence-corrected chi connectivity index (χ2v) is 13.3. The van der Waals surface area contributed by atoms with Gasteiger partial charge in [-0.25, -0.2) is 0 Å². The van der Waals surface area contributed by atoms with Gasteiger partial charge in [0.05, 0.1) is 15.9 Å². The molecule has 4 aliphatic rings. The fourth-order valence-electron chi connectivity index (χ4n) is 9.43. The van der Waals surface area contributed by atoms with Gasteiger partial charge >= 0.3 is 11.7 Å². The van der Waals surface area contributed by atoms with Crippen molar-refractivity contribution in [2.75, 3.05) is 12.0 Å². The maximum absolute atomic E-state index is 11.8. The maximum Gasteiger partial charge on any atom is 0.302 e. The molecule has 13 heteroatoms. The number of anilines is 1. The highest BCUT2D eigenvalue weighted by Crippen LogP contribution is 2.67. The molecule has 0 spiro atoms. The SMILES string of the molecule is CC(=O)O[C@H]1CC[C@@]2(C)C(=CCC3C2CC[C@@]2(C)C3C[C@@H](C[N+](=O)[O-])[C@@H]2/C(C)=N\Nc2ccc([N+](=O)[O-])cc2[N+](=O)[O-])C1. The molecule has 13 nitrogen and oxygen atoms in total. The van der Waals surface area contributed by atoms with Gasteiger partial charge in [0.25, 0.3) is 5.69 Å². The Balaban J connectivity index is 1.43. The lowest BCUT2D eigenvalue weighted by atomic mass is 9.47. The number of nitrogens with one attached hydrogen (secondary N) is 1. The fraction of sp³-hybridized carbons (Fsp3) is 0.667. The Morgan fingerprint density at radius 1 is 1.07 bits per heavy atom. The number of benzene rings is 1. The predicted molar refractivity (Wildman–Crippen MR) is 158 cm³/mol. The number of ether oxygens (including phenoxy) is 1. The smallest absolute Gasteiger partial charge is 0.302 e. The van der Waals surface area contributed by atoms with Gasteiger partial charge in [-0.3, -0.25) is 40.6 Å². The van der Waals surface area contributed by atoms with Crippen molar-refractivity contribution >= 4 is 28.7 Å². The first kappa shape index (κ1) is 30.6. The van der Waals surface area contributed by atoms with Crippen LogP contribution in [-0.4, -0.2) is 39.1 Å². The van der Waals surface area contributed by atoms with Crippen molar-refractivity contribution in [3.63, 3.8) is 0 Å². The fourth-order valence-corrected chi connectivity index (χ4v) is 9.43. The van der Waals surface area contributed by atoms with E-state index in [1.165, 1.54) is 24.6 Å². The molecule has 3 fully saturated rings. The number of nitrogens with zero attached hydrogens (tertiary/aromatic N) is 4. The van der Waals surface area contributed by atoms with E-state index in [0.717, 1.165) is 44.6 Å². The van der Waals surface area contributed by atoms with Crippen molar-refractivity contribution in [1.29, 1.82) is 0 Å². The zero-order valence-electron chi connectivity index (χ0n) is 25.0. The first-order chi connectivity index (χ1) is 20.2. The molecule has 8 atom stereocenters. The molecule has 0 heterocycles. The van der Waals surface area contributed by atoms with Crippen molar-refractivity contribution < 1.29 is 24.3 Å². The highest BCUT2D eigenvalue weighted by Gasteiger charge is 2.62. The Morgan fingerprint density at radius 2 is 1.81 bits per heavy atom. The summed E-state index contributed by atoms with van der Waals surface area (Å²) in [7, 11) is 0. The molecule has 1 aromatic carbocycles. The zero-order chi connectivity index (χ0) is 31.3. The molecular formula is C30H39N5O8. The van der Waals surface area contributed by atoms with Gasteiger partial charge in [-0.05, 0) is 80.1 Å². The van der Waals surface area contributed by atoms with E-state index in [4.69, 9.17) is 4.74 Å². The van der Waals surface area contributed by atoms with E-state index in [1.54, 1.807) is 0 Å². The highest BCUT2D eigenvalue weighted by molar-refractivity contribution is 5.87. The third-order valence-corrected chi connectivity index (χ3v) is 11.1. The number of rotatable bonds is 8. The third kappa shape index (κ3) is 5.49. The molecular weight excluding hydrogens is 558 g/mol. The molecule has 3 saturated carbocycles.